The third kappa shape index (κ3) is 2.77. The molecule has 7 rings (SSSR count). The zero-order chi connectivity index (χ0) is 19.6. The Balaban J connectivity index is 1.40. The van der Waals surface area contributed by atoms with Crippen LogP contribution in [0.4, 0.5) is 5.69 Å². The Morgan fingerprint density at radius 2 is 2.14 bits per heavy atom. The first kappa shape index (κ1) is 17.4. The second-order valence-electron chi connectivity index (χ2n) is 9.10. The third-order valence-electron chi connectivity index (χ3n) is 7.11. The van der Waals surface area contributed by atoms with Crippen LogP contribution in [0.15, 0.2) is 23.0 Å². The topological polar surface area (TPSA) is 109 Å². The zero-order valence-corrected chi connectivity index (χ0v) is 16.4. The summed E-state index contributed by atoms with van der Waals surface area (Å²) < 4.78 is 10.6. The van der Waals surface area contributed by atoms with Crippen LogP contribution in [0.5, 0.6) is 0 Å². The van der Waals surface area contributed by atoms with Gasteiger partial charge < -0.3 is 24.7 Å². The molecule has 4 bridgehead atoms. The fourth-order valence-electron chi connectivity index (χ4n) is 6.26. The number of aromatic amines is 1. The van der Waals surface area contributed by atoms with E-state index in [4.69, 9.17) is 9.26 Å². The Morgan fingerprint density at radius 3 is 2.90 bits per heavy atom. The van der Waals surface area contributed by atoms with Gasteiger partial charge in [0, 0.05) is 30.9 Å². The smallest absolute Gasteiger partial charge is 0.261 e. The maximum atomic E-state index is 10.9. The number of hydrogen-bond donors (Lipinski definition) is 3. The van der Waals surface area contributed by atoms with Crippen molar-refractivity contribution in [3.63, 3.8) is 0 Å². The van der Waals surface area contributed by atoms with E-state index in [1.165, 1.54) is 12.8 Å². The SMILES string of the molecule is COCc1noc(-c2cnc3[nH]ccc3c2N[C@H]2[C@@H]3CC4C[C@H]2C[C@@](O)(C4)C3)n1. The van der Waals surface area contributed by atoms with Crippen molar-refractivity contribution in [2.75, 3.05) is 12.4 Å². The molecule has 29 heavy (non-hydrogen) atoms. The number of nitrogens with zero attached hydrogens (tertiary/aromatic N) is 3. The van der Waals surface area contributed by atoms with Crippen LogP contribution in [-0.2, 0) is 11.3 Å². The number of rotatable bonds is 5. The number of ether oxygens (including phenoxy) is 1. The molecule has 4 aliphatic rings. The lowest BCUT2D eigenvalue weighted by atomic mass is 9.52. The summed E-state index contributed by atoms with van der Waals surface area (Å²) in [6, 6.07) is 2.37. The number of hydrogen-bond acceptors (Lipinski definition) is 7. The minimum Gasteiger partial charge on any atom is -0.390 e. The van der Waals surface area contributed by atoms with Crippen LogP contribution in [0.1, 0.15) is 37.9 Å². The average Bonchev–Trinajstić information content (AvgIpc) is 3.33. The van der Waals surface area contributed by atoms with Crippen molar-refractivity contribution >= 4 is 16.7 Å². The van der Waals surface area contributed by atoms with Crippen molar-refractivity contribution in [2.45, 2.75) is 50.4 Å². The minimum atomic E-state index is -0.444. The van der Waals surface area contributed by atoms with Gasteiger partial charge in [-0.15, -0.1) is 0 Å². The van der Waals surface area contributed by atoms with Gasteiger partial charge in [-0.3, -0.25) is 0 Å². The maximum absolute atomic E-state index is 10.9. The molecule has 0 amide bonds. The molecule has 3 N–H and O–H groups in total. The van der Waals surface area contributed by atoms with Crippen LogP contribution in [0, 0.1) is 17.8 Å². The van der Waals surface area contributed by atoms with Crippen LogP contribution in [-0.4, -0.2) is 44.0 Å². The second-order valence-corrected chi connectivity index (χ2v) is 9.10. The maximum Gasteiger partial charge on any atom is 0.261 e. The lowest BCUT2D eigenvalue weighted by Crippen LogP contribution is -2.59. The van der Waals surface area contributed by atoms with E-state index in [9.17, 15) is 5.11 Å². The largest absolute Gasteiger partial charge is 0.390 e. The second kappa shape index (κ2) is 6.27. The Hall–Kier alpha value is -2.45. The number of aromatic nitrogens is 4. The standard InChI is InChI=1S/C21H25N5O3/c1-28-10-16-24-20(29-26-16)15-9-23-19-14(2-3-22-19)18(15)25-17-12-4-11-5-13(17)8-21(27,6-11)7-12/h2-3,9,11-13,17,27H,4-8,10H2,1H3,(H2,22,23,25)/t11?,12-,13+,17+,21-. The van der Waals surface area contributed by atoms with Gasteiger partial charge in [0.05, 0.1) is 16.9 Å². The first-order valence-corrected chi connectivity index (χ1v) is 10.4. The van der Waals surface area contributed by atoms with Gasteiger partial charge in [-0.2, -0.15) is 4.98 Å². The predicted octanol–water partition coefficient (Wildman–Crippen LogP) is 3.11. The third-order valence-corrected chi connectivity index (χ3v) is 7.11. The van der Waals surface area contributed by atoms with Gasteiger partial charge in [0.25, 0.3) is 5.89 Å². The average molecular weight is 395 g/mol. The molecule has 4 aliphatic carbocycles. The highest BCUT2D eigenvalue weighted by Crippen LogP contribution is 2.56. The zero-order valence-electron chi connectivity index (χ0n) is 16.4. The summed E-state index contributed by atoms with van der Waals surface area (Å²) in [5, 5.41) is 19.8. The summed E-state index contributed by atoms with van der Waals surface area (Å²) in [4.78, 5) is 12.2. The molecule has 8 heteroatoms. The van der Waals surface area contributed by atoms with Crippen LogP contribution in [0.3, 0.4) is 0 Å². The number of anilines is 1. The van der Waals surface area contributed by atoms with E-state index in [-0.39, 0.29) is 0 Å². The molecule has 0 spiro atoms. The van der Waals surface area contributed by atoms with Crippen LogP contribution in [0.25, 0.3) is 22.5 Å². The van der Waals surface area contributed by atoms with E-state index in [0.717, 1.165) is 41.5 Å². The van der Waals surface area contributed by atoms with Crippen molar-refractivity contribution < 1.29 is 14.4 Å². The molecule has 4 fully saturated rings. The van der Waals surface area contributed by atoms with Crippen LogP contribution in [0.2, 0.25) is 0 Å². The Labute approximate surface area is 168 Å². The number of H-pyrrole nitrogens is 1. The lowest BCUT2D eigenvalue weighted by molar-refractivity contribution is -0.129. The van der Waals surface area contributed by atoms with Crippen molar-refractivity contribution in [1.29, 1.82) is 0 Å². The van der Waals surface area contributed by atoms with Crippen molar-refractivity contribution in [3.05, 3.63) is 24.3 Å². The fourth-order valence-corrected chi connectivity index (χ4v) is 6.26. The van der Waals surface area contributed by atoms with Gasteiger partial charge in [-0.25, -0.2) is 4.98 Å². The van der Waals surface area contributed by atoms with Gasteiger partial charge in [0.15, 0.2) is 5.82 Å². The molecule has 1 unspecified atom stereocenters. The van der Waals surface area contributed by atoms with Crippen molar-refractivity contribution in [2.24, 2.45) is 17.8 Å². The quantitative estimate of drug-likeness (QED) is 0.609. The highest BCUT2D eigenvalue weighted by Gasteiger charge is 2.54. The molecular formula is C21H25N5O3. The molecule has 4 saturated carbocycles. The summed E-state index contributed by atoms with van der Waals surface area (Å²) in [5.74, 6) is 2.62. The number of aliphatic hydroxyl groups is 1. The molecule has 8 nitrogen and oxygen atoms in total. The first-order chi connectivity index (χ1) is 14.1. The number of nitrogens with one attached hydrogen (secondary N) is 2. The lowest BCUT2D eigenvalue weighted by Gasteiger charge is -2.58. The summed E-state index contributed by atoms with van der Waals surface area (Å²) in [6.07, 6.45) is 8.86. The van der Waals surface area contributed by atoms with Crippen LogP contribution >= 0.6 is 0 Å². The number of fused-ring (bicyclic) bond motifs is 1. The van der Waals surface area contributed by atoms with Crippen molar-refractivity contribution in [1.82, 2.24) is 20.1 Å². The molecular weight excluding hydrogens is 370 g/mol. The van der Waals surface area contributed by atoms with Gasteiger partial charge in [0.2, 0.25) is 0 Å². The predicted molar refractivity (Wildman–Crippen MR) is 106 cm³/mol. The van der Waals surface area contributed by atoms with E-state index >= 15 is 0 Å². The summed E-state index contributed by atoms with van der Waals surface area (Å²) in [5.41, 5.74) is 2.17. The Morgan fingerprint density at radius 1 is 1.31 bits per heavy atom. The first-order valence-electron chi connectivity index (χ1n) is 10.4. The molecule has 3 aromatic heterocycles. The van der Waals surface area contributed by atoms with Gasteiger partial charge in [-0.05, 0) is 55.9 Å². The van der Waals surface area contributed by atoms with Gasteiger partial charge in [-0.1, -0.05) is 5.16 Å². The van der Waals surface area contributed by atoms with E-state index in [1.54, 1.807) is 13.3 Å². The highest BCUT2D eigenvalue weighted by molar-refractivity contribution is 5.97. The fraction of sp³-hybridized carbons (Fsp3) is 0.571. The van der Waals surface area contributed by atoms with Crippen LogP contribution < -0.4 is 5.32 Å². The molecule has 3 aromatic rings. The van der Waals surface area contributed by atoms with E-state index in [2.05, 4.69) is 25.4 Å². The molecule has 0 aliphatic heterocycles. The molecule has 152 valence electrons. The van der Waals surface area contributed by atoms with Gasteiger partial charge in [0.1, 0.15) is 12.3 Å². The highest BCUT2D eigenvalue weighted by atomic mass is 16.5. The Bertz CT molecular complexity index is 1040. The number of methoxy groups -OCH3 is 1. The van der Waals surface area contributed by atoms with Gasteiger partial charge >= 0.3 is 0 Å². The summed E-state index contributed by atoms with van der Waals surface area (Å²) >= 11 is 0. The number of pyridine rings is 1. The van der Waals surface area contributed by atoms with E-state index in [0.29, 0.717) is 42.1 Å². The molecule has 0 aromatic carbocycles. The molecule has 0 radical (unpaired) electrons. The normalized spacial score (nSPS) is 32.9. The summed E-state index contributed by atoms with van der Waals surface area (Å²) in [6.45, 7) is 0.304. The Kier molecular flexibility index (Phi) is 3.77. The molecule has 5 atom stereocenters. The minimum absolute atomic E-state index is 0.304. The van der Waals surface area contributed by atoms with E-state index < -0.39 is 5.60 Å². The summed E-state index contributed by atoms with van der Waals surface area (Å²) in [7, 11) is 1.61. The molecule has 0 saturated heterocycles. The molecule has 3 heterocycles. The van der Waals surface area contributed by atoms with Crippen molar-refractivity contribution in [3.8, 4) is 11.5 Å². The van der Waals surface area contributed by atoms with E-state index in [1.807, 2.05) is 12.3 Å². The monoisotopic (exact) mass is 395 g/mol.